The monoisotopic (exact) mass is 640 g/mol. The van der Waals surface area contributed by atoms with E-state index in [1.807, 2.05) is 84.9 Å². The van der Waals surface area contributed by atoms with Crippen LogP contribution in [0.2, 0.25) is 0 Å². The van der Waals surface area contributed by atoms with Crippen molar-refractivity contribution in [3.8, 4) is 5.75 Å². The van der Waals surface area contributed by atoms with Crippen molar-refractivity contribution >= 4 is 17.7 Å². The second-order valence-electron chi connectivity index (χ2n) is 13.1. The maximum atomic E-state index is 14.3. The molecule has 9 nitrogen and oxygen atoms in total. The van der Waals surface area contributed by atoms with Crippen LogP contribution in [0.1, 0.15) is 55.7 Å². The number of rotatable bonds is 17. The standard InChI is InChI=1S/C38H48N4O5/c1-27(43)41-38(24-30-16-17-30)20-21-42(37(38)46)34(19-18-28-10-5-3-6-11-28)36(45)40-33(23-29-12-7-4-8-13-29)35(44)26-39-25-31-14-9-15-32(22-31)47-2/h3-15,22,30,33-35,39,44H,16-21,23-26H2,1-2H3,(H,40,45)(H,41,43)/t33-,34?,35+,38+/m0/s1. The summed E-state index contributed by atoms with van der Waals surface area (Å²) >= 11 is 0. The highest BCUT2D eigenvalue weighted by atomic mass is 16.5. The Labute approximate surface area is 278 Å². The van der Waals surface area contributed by atoms with Gasteiger partial charge in [-0.3, -0.25) is 14.4 Å². The molecule has 0 spiro atoms. The van der Waals surface area contributed by atoms with Gasteiger partial charge in [0.05, 0.1) is 19.3 Å². The fourth-order valence-electron chi connectivity index (χ4n) is 6.70. The molecule has 9 heteroatoms. The molecule has 2 fully saturated rings. The highest BCUT2D eigenvalue weighted by Crippen LogP contribution is 2.41. The molecule has 3 amide bonds. The van der Waals surface area contributed by atoms with E-state index in [0.29, 0.717) is 51.1 Å². The average Bonchev–Trinajstić information content (AvgIpc) is 3.84. The molecule has 0 radical (unpaired) electrons. The number of hydrogen-bond donors (Lipinski definition) is 4. The molecule has 5 rings (SSSR count). The first-order valence-electron chi connectivity index (χ1n) is 16.8. The van der Waals surface area contributed by atoms with Crippen LogP contribution in [0.15, 0.2) is 84.9 Å². The van der Waals surface area contributed by atoms with Gasteiger partial charge in [0.15, 0.2) is 0 Å². The van der Waals surface area contributed by atoms with E-state index in [9.17, 15) is 19.5 Å². The third-order valence-corrected chi connectivity index (χ3v) is 9.33. The summed E-state index contributed by atoms with van der Waals surface area (Å²) in [7, 11) is 1.63. The van der Waals surface area contributed by atoms with Gasteiger partial charge in [-0.2, -0.15) is 0 Å². The molecule has 1 heterocycles. The van der Waals surface area contributed by atoms with Crippen LogP contribution in [-0.2, 0) is 33.8 Å². The van der Waals surface area contributed by atoms with Crippen LogP contribution < -0.4 is 20.7 Å². The topological polar surface area (TPSA) is 120 Å². The Kier molecular flexibility index (Phi) is 11.7. The number of nitrogens with zero attached hydrogens (tertiary/aromatic N) is 1. The summed E-state index contributed by atoms with van der Waals surface area (Å²) in [6.45, 7) is 2.60. The number of aliphatic hydroxyl groups is 1. The largest absolute Gasteiger partial charge is 0.497 e. The fraction of sp³-hybridized carbons (Fsp3) is 0.447. The van der Waals surface area contributed by atoms with E-state index in [-0.39, 0.29) is 24.3 Å². The number of ether oxygens (including phenoxy) is 1. The van der Waals surface area contributed by atoms with Crippen LogP contribution >= 0.6 is 0 Å². The summed E-state index contributed by atoms with van der Waals surface area (Å²) in [4.78, 5) is 42.4. The molecule has 2 aliphatic rings. The summed E-state index contributed by atoms with van der Waals surface area (Å²) in [5.41, 5.74) is 2.09. The van der Waals surface area contributed by atoms with E-state index in [1.54, 1.807) is 12.0 Å². The number of nitrogens with one attached hydrogen (secondary N) is 3. The van der Waals surface area contributed by atoms with Gasteiger partial charge in [-0.15, -0.1) is 0 Å². The predicted octanol–water partition coefficient (Wildman–Crippen LogP) is 3.78. The molecule has 250 valence electrons. The predicted molar refractivity (Wildman–Crippen MR) is 182 cm³/mol. The lowest BCUT2D eigenvalue weighted by Gasteiger charge is -2.33. The number of aryl methyl sites for hydroxylation is 1. The quantitative estimate of drug-likeness (QED) is 0.178. The lowest BCUT2D eigenvalue weighted by molar-refractivity contribution is -0.143. The van der Waals surface area contributed by atoms with Crippen molar-refractivity contribution in [3.63, 3.8) is 0 Å². The molecule has 3 aromatic carbocycles. The molecular formula is C38H48N4O5. The molecule has 0 aromatic heterocycles. The lowest BCUT2D eigenvalue weighted by Crippen LogP contribution is -2.59. The number of carbonyl (C=O) groups excluding carboxylic acids is 3. The molecule has 1 saturated heterocycles. The van der Waals surface area contributed by atoms with E-state index in [0.717, 1.165) is 35.3 Å². The van der Waals surface area contributed by atoms with Gasteiger partial charge < -0.3 is 30.7 Å². The van der Waals surface area contributed by atoms with Gasteiger partial charge in [0, 0.05) is 26.6 Å². The molecule has 47 heavy (non-hydrogen) atoms. The summed E-state index contributed by atoms with van der Waals surface area (Å²) in [6.07, 6.45) is 3.72. The smallest absolute Gasteiger partial charge is 0.249 e. The number of amides is 3. The third-order valence-electron chi connectivity index (χ3n) is 9.33. The van der Waals surface area contributed by atoms with E-state index < -0.39 is 23.7 Å². The summed E-state index contributed by atoms with van der Waals surface area (Å²) in [5.74, 6) is 0.451. The molecule has 4 N–H and O–H groups in total. The SMILES string of the molecule is COc1cccc(CNC[C@@H](O)[C@H](Cc2ccccc2)NC(=O)C(CCc2ccccc2)N2CC[C@](CC3CC3)(NC(C)=O)C2=O)c1. The van der Waals surface area contributed by atoms with Crippen LogP contribution in [0.5, 0.6) is 5.75 Å². The number of hydrogen-bond acceptors (Lipinski definition) is 6. The third kappa shape index (κ3) is 9.42. The molecule has 1 unspecified atom stereocenters. The maximum Gasteiger partial charge on any atom is 0.249 e. The number of carbonyl (C=O) groups is 3. The molecule has 1 aliphatic heterocycles. The molecule has 1 aliphatic carbocycles. The number of methoxy groups -OCH3 is 1. The zero-order valence-corrected chi connectivity index (χ0v) is 27.5. The van der Waals surface area contributed by atoms with Crippen LogP contribution in [0.4, 0.5) is 0 Å². The highest BCUT2D eigenvalue weighted by Gasteiger charge is 2.52. The van der Waals surface area contributed by atoms with Crippen molar-refractivity contribution in [3.05, 3.63) is 102 Å². The minimum Gasteiger partial charge on any atom is -0.497 e. The summed E-state index contributed by atoms with van der Waals surface area (Å²) in [6, 6.07) is 26.1. The number of aliphatic hydroxyl groups excluding tert-OH is 1. The molecule has 3 aromatic rings. The van der Waals surface area contributed by atoms with Gasteiger partial charge in [0.1, 0.15) is 17.3 Å². The van der Waals surface area contributed by atoms with Gasteiger partial charge in [-0.25, -0.2) is 0 Å². The Morgan fingerprint density at radius 1 is 0.979 bits per heavy atom. The lowest BCUT2D eigenvalue weighted by atomic mass is 9.90. The maximum absolute atomic E-state index is 14.3. The first-order chi connectivity index (χ1) is 22.8. The first-order valence-corrected chi connectivity index (χ1v) is 16.8. The highest BCUT2D eigenvalue weighted by molar-refractivity contribution is 5.96. The minimum absolute atomic E-state index is 0.187. The summed E-state index contributed by atoms with van der Waals surface area (Å²) in [5, 5.41) is 20.9. The van der Waals surface area contributed by atoms with E-state index in [4.69, 9.17) is 4.74 Å². The molecular weight excluding hydrogens is 592 g/mol. The van der Waals surface area contributed by atoms with Crippen LogP contribution in [0, 0.1) is 5.92 Å². The normalized spacial score (nSPS) is 19.6. The van der Waals surface area contributed by atoms with Crippen molar-refractivity contribution in [2.75, 3.05) is 20.2 Å². The van der Waals surface area contributed by atoms with Crippen LogP contribution in [-0.4, -0.2) is 71.7 Å². The Morgan fingerprint density at radius 2 is 1.66 bits per heavy atom. The van der Waals surface area contributed by atoms with Crippen LogP contribution in [0.3, 0.4) is 0 Å². The van der Waals surface area contributed by atoms with Gasteiger partial charge >= 0.3 is 0 Å². The average molecular weight is 641 g/mol. The minimum atomic E-state index is -0.981. The molecule has 0 bridgehead atoms. The second kappa shape index (κ2) is 16.1. The van der Waals surface area contributed by atoms with Gasteiger partial charge in [0.2, 0.25) is 17.7 Å². The Balaban J connectivity index is 1.34. The Hall–Kier alpha value is -4.21. The van der Waals surface area contributed by atoms with Crippen LogP contribution in [0.25, 0.3) is 0 Å². The number of likely N-dealkylation sites (tertiary alicyclic amines) is 1. The van der Waals surface area contributed by atoms with E-state index in [1.165, 1.54) is 6.92 Å². The molecule has 1 saturated carbocycles. The van der Waals surface area contributed by atoms with Crippen molar-refractivity contribution in [1.29, 1.82) is 0 Å². The van der Waals surface area contributed by atoms with Gasteiger partial charge in [-0.1, -0.05) is 85.6 Å². The zero-order chi connectivity index (χ0) is 33.2. The fourth-order valence-corrected chi connectivity index (χ4v) is 6.70. The van der Waals surface area contributed by atoms with Gasteiger partial charge in [0.25, 0.3) is 0 Å². The van der Waals surface area contributed by atoms with Crippen molar-refractivity contribution < 1.29 is 24.2 Å². The van der Waals surface area contributed by atoms with Gasteiger partial charge in [-0.05, 0) is 66.8 Å². The van der Waals surface area contributed by atoms with Crippen molar-refractivity contribution in [1.82, 2.24) is 20.9 Å². The zero-order valence-electron chi connectivity index (χ0n) is 27.5. The molecule has 4 atom stereocenters. The van der Waals surface area contributed by atoms with E-state index >= 15 is 0 Å². The van der Waals surface area contributed by atoms with E-state index in [2.05, 4.69) is 16.0 Å². The summed E-state index contributed by atoms with van der Waals surface area (Å²) < 4.78 is 5.33. The van der Waals surface area contributed by atoms with Crippen molar-refractivity contribution in [2.45, 2.75) is 82.1 Å². The van der Waals surface area contributed by atoms with Crippen molar-refractivity contribution in [2.24, 2.45) is 5.92 Å². The second-order valence-corrected chi connectivity index (χ2v) is 13.1. The Morgan fingerprint density at radius 3 is 2.32 bits per heavy atom. The Bertz CT molecular complexity index is 1480. The number of benzene rings is 3. The first kappa shape index (κ1) is 34.1.